The van der Waals surface area contributed by atoms with E-state index in [2.05, 4.69) is 10.3 Å². The van der Waals surface area contributed by atoms with Crippen molar-refractivity contribution in [2.75, 3.05) is 19.0 Å². The summed E-state index contributed by atoms with van der Waals surface area (Å²) in [6.07, 6.45) is 0. The van der Waals surface area contributed by atoms with E-state index >= 15 is 0 Å². The molecule has 20 heavy (non-hydrogen) atoms. The third kappa shape index (κ3) is 3.60. The smallest absolute Gasteiger partial charge is 0.214 e. The molecule has 0 amide bonds. The Hall–Kier alpha value is -2.30. The van der Waals surface area contributed by atoms with Crippen LogP contribution >= 0.6 is 0 Å². The highest BCUT2D eigenvalue weighted by molar-refractivity contribution is 5.44. The Kier molecular flexibility index (Phi) is 4.76. The molecule has 2 rings (SSSR count). The standard InChI is InChI=1S/C15H17FN2O2/c1-3-20-12-8-7-11(9-13(12)19-2)10-17-15-6-4-5-14(16)18-15/h4-9H,3,10H2,1-2H3,(H,17,18). The molecule has 0 aliphatic rings. The first-order valence-corrected chi connectivity index (χ1v) is 6.39. The number of ether oxygens (including phenoxy) is 2. The predicted molar refractivity (Wildman–Crippen MR) is 75.7 cm³/mol. The lowest BCUT2D eigenvalue weighted by Gasteiger charge is -2.11. The number of pyridine rings is 1. The zero-order chi connectivity index (χ0) is 14.4. The number of rotatable bonds is 6. The average molecular weight is 276 g/mol. The normalized spacial score (nSPS) is 10.2. The van der Waals surface area contributed by atoms with Crippen molar-refractivity contribution in [1.29, 1.82) is 0 Å². The molecule has 0 unspecified atom stereocenters. The number of nitrogens with one attached hydrogen (secondary N) is 1. The van der Waals surface area contributed by atoms with Crippen LogP contribution in [0.2, 0.25) is 0 Å². The van der Waals surface area contributed by atoms with Crippen molar-refractivity contribution in [3.05, 3.63) is 47.9 Å². The van der Waals surface area contributed by atoms with Crippen molar-refractivity contribution < 1.29 is 13.9 Å². The number of aromatic nitrogens is 1. The Labute approximate surface area is 117 Å². The van der Waals surface area contributed by atoms with Crippen LogP contribution < -0.4 is 14.8 Å². The first-order chi connectivity index (χ1) is 9.72. The molecule has 106 valence electrons. The molecule has 1 aromatic carbocycles. The van der Waals surface area contributed by atoms with E-state index in [0.29, 0.717) is 30.5 Å². The van der Waals surface area contributed by atoms with E-state index in [0.717, 1.165) is 5.56 Å². The number of halogens is 1. The van der Waals surface area contributed by atoms with Gasteiger partial charge in [-0.05, 0) is 36.8 Å². The monoisotopic (exact) mass is 276 g/mol. The fourth-order valence-corrected chi connectivity index (χ4v) is 1.80. The molecule has 1 N–H and O–H groups in total. The lowest BCUT2D eigenvalue weighted by molar-refractivity contribution is 0.310. The van der Waals surface area contributed by atoms with Crippen molar-refractivity contribution in [3.8, 4) is 11.5 Å². The van der Waals surface area contributed by atoms with E-state index in [9.17, 15) is 4.39 Å². The molecule has 0 aliphatic carbocycles. The zero-order valence-electron chi connectivity index (χ0n) is 11.5. The van der Waals surface area contributed by atoms with Gasteiger partial charge >= 0.3 is 0 Å². The fraction of sp³-hybridized carbons (Fsp3) is 0.267. The molecule has 5 heteroatoms. The Morgan fingerprint density at radius 3 is 2.75 bits per heavy atom. The van der Waals surface area contributed by atoms with Crippen molar-refractivity contribution in [2.24, 2.45) is 0 Å². The summed E-state index contributed by atoms with van der Waals surface area (Å²) in [7, 11) is 1.60. The van der Waals surface area contributed by atoms with Crippen molar-refractivity contribution in [3.63, 3.8) is 0 Å². The molecular weight excluding hydrogens is 259 g/mol. The molecule has 1 aromatic heterocycles. The van der Waals surface area contributed by atoms with Crippen LogP contribution in [-0.2, 0) is 6.54 Å². The van der Waals surface area contributed by atoms with E-state index in [1.807, 2.05) is 25.1 Å². The minimum atomic E-state index is -0.501. The molecule has 0 bridgehead atoms. The summed E-state index contributed by atoms with van der Waals surface area (Å²) in [6.45, 7) is 3.03. The molecule has 1 heterocycles. The second kappa shape index (κ2) is 6.75. The lowest BCUT2D eigenvalue weighted by atomic mass is 10.2. The number of nitrogens with zero attached hydrogens (tertiary/aromatic N) is 1. The van der Waals surface area contributed by atoms with Crippen molar-refractivity contribution in [1.82, 2.24) is 4.98 Å². The van der Waals surface area contributed by atoms with E-state index < -0.39 is 5.95 Å². The number of hydrogen-bond acceptors (Lipinski definition) is 4. The number of anilines is 1. The SMILES string of the molecule is CCOc1ccc(CNc2cccc(F)n2)cc1OC. The molecule has 4 nitrogen and oxygen atoms in total. The topological polar surface area (TPSA) is 43.4 Å². The third-order valence-electron chi connectivity index (χ3n) is 2.72. The van der Waals surface area contributed by atoms with Gasteiger partial charge in [-0.3, -0.25) is 0 Å². The Balaban J connectivity index is 2.06. The lowest BCUT2D eigenvalue weighted by Crippen LogP contribution is -2.03. The highest BCUT2D eigenvalue weighted by atomic mass is 19.1. The van der Waals surface area contributed by atoms with Gasteiger partial charge < -0.3 is 14.8 Å². The van der Waals surface area contributed by atoms with Gasteiger partial charge in [-0.15, -0.1) is 0 Å². The molecular formula is C15H17FN2O2. The molecule has 0 saturated heterocycles. The molecule has 0 saturated carbocycles. The summed E-state index contributed by atoms with van der Waals surface area (Å²) in [5.74, 6) is 1.39. The summed E-state index contributed by atoms with van der Waals surface area (Å²) >= 11 is 0. The first kappa shape index (κ1) is 14.1. The average Bonchev–Trinajstić information content (AvgIpc) is 2.46. The van der Waals surface area contributed by atoms with Crippen LogP contribution in [0.5, 0.6) is 11.5 Å². The number of methoxy groups -OCH3 is 1. The number of hydrogen-bond donors (Lipinski definition) is 1. The van der Waals surface area contributed by atoms with E-state index in [1.54, 1.807) is 19.2 Å². The Morgan fingerprint density at radius 2 is 2.05 bits per heavy atom. The van der Waals surface area contributed by atoms with Crippen LogP contribution in [0.4, 0.5) is 10.2 Å². The minimum absolute atomic E-state index is 0.498. The van der Waals surface area contributed by atoms with Gasteiger partial charge in [0.2, 0.25) is 5.95 Å². The quantitative estimate of drug-likeness (QED) is 0.823. The number of benzene rings is 1. The zero-order valence-corrected chi connectivity index (χ0v) is 11.5. The molecule has 0 atom stereocenters. The molecule has 0 spiro atoms. The second-order valence-corrected chi connectivity index (χ2v) is 4.12. The summed E-state index contributed by atoms with van der Waals surface area (Å²) < 4.78 is 23.7. The predicted octanol–water partition coefficient (Wildman–Crippen LogP) is 3.24. The maximum absolute atomic E-state index is 13.0. The van der Waals surface area contributed by atoms with Crippen LogP contribution in [0.15, 0.2) is 36.4 Å². The van der Waals surface area contributed by atoms with Gasteiger partial charge in [0.25, 0.3) is 0 Å². The highest BCUT2D eigenvalue weighted by Crippen LogP contribution is 2.28. The molecule has 0 aliphatic heterocycles. The first-order valence-electron chi connectivity index (χ1n) is 6.39. The third-order valence-corrected chi connectivity index (χ3v) is 2.72. The second-order valence-electron chi connectivity index (χ2n) is 4.12. The largest absolute Gasteiger partial charge is 0.493 e. The van der Waals surface area contributed by atoms with E-state index in [1.165, 1.54) is 6.07 Å². The molecule has 0 fully saturated rings. The van der Waals surface area contributed by atoms with Crippen molar-refractivity contribution >= 4 is 5.82 Å². The van der Waals surface area contributed by atoms with Gasteiger partial charge in [-0.2, -0.15) is 4.39 Å². The van der Waals surface area contributed by atoms with E-state index in [-0.39, 0.29) is 0 Å². The summed E-state index contributed by atoms with van der Waals surface area (Å²) in [5.41, 5.74) is 0.997. The summed E-state index contributed by atoms with van der Waals surface area (Å²) in [4.78, 5) is 3.74. The molecule has 0 radical (unpaired) electrons. The Morgan fingerprint density at radius 1 is 1.20 bits per heavy atom. The summed E-state index contributed by atoms with van der Waals surface area (Å²) in [6, 6.07) is 10.3. The van der Waals surface area contributed by atoms with E-state index in [4.69, 9.17) is 9.47 Å². The van der Waals surface area contributed by atoms with Crippen LogP contribution in [0.3, 0.4) is 0 Å². The van der Waals surface area contributed by atoms with Crippen LogP contribution in [0.1, 0.15) is 12.5 Å². The van der Waals surface area contributed by atoms with Crippen molar-refractivity contribution in [2.45, 2.75) is 13.5 Å². The minimum Gasteiger partial charge on any atom is -0.493 e. The maximum Gasteiger partial charge on any atom is 0.214 e. The van der Waals surface area contributed by atoms with Gasteiger partial charge in [0.05, 0.1) is 13.7 Å². The Bertz CT molecular complexity index is 576. The van der Waals surface area contributed by atoms with Gasteiger partial charge in [0.1, 0.15) is 5.82 Å². The van der Waals surface area contributed by atoms with Gasteiger partial charge in [0.15, 0.2) is 11.5 Å². The van der Waals surface area contributed by atoms with Crippen LogP contribution in [0, 0.1) is 5.95 Å². The van der Waals surface area contributed by atoms with Gasteiger partial charge in [-0.25, -0.2) is 4.98 Å². The summed E-state index contributed by atoms with van der Waals surface area (Å²) in [5, 5.41) is 3.06. The fourth-order valence-electron chi connectivity index (χ4n) is 1.80. The van der Waals surface area contributed by atoms with Crippen LogP contribution in [-0.4, -0.2) is 18.7 Å². The van der Waals surface area contributed by atoms with Gasteiger partial charge in [-0.1, -0.05) is 12.1 Å². The maximum atomic E-state index is 13.0. The highest BCUT2D eigenvalue weighted by Gasteiger charge is 2.05. The molecule has 2 aromatic rings. The van der Waals surface area contributed by atoms with Gasteiger partial charge in [0, 0.05) is 6.54 Å². The van der Waals surface area contributed by atoms with Crippen LogP contribution in [0.25, 0.3) is 0 Å².